The maximum atomic E-state index is 14.1. The van der Waals surface area contributed by atoms with E-state index < -0.39 is 51.8 Å². The molecule has 0 spiro atoms. The van der Waals surface area contributed by atoms with Crippen LogP contribution in [0.5, 0.6) is 0 Å². The van der Waals surface area contributed by atoms with Crippen LogP contribution in [0.15, 0.2) is 76.5 Å². The van der Waals surface area contributed by atoms with Gasteiger partial charge in [0.05, 0.1) is 17.5 Å². The number of halogens is 6. The van der Waals surface area contributed by atoms with Crippen molar-refractivity contribution in [1.29, 1.82) is 0 Å². The maximum Gasteiger partial charge on any atom is 0.418 e. The molecule has 3 aromatic carbocycles. The van der Waals surface area contributed by atoms with E-state index in [9.17, 15) is 40.7 Å². The van der Waals surface area contributed by atoms with Crippen LogP contribution in [0.4, 0.5) is 42.5 Å². The van der Waals surface area contributed by atoms with Crippen LogP contribution in [0.3, 0.4) is 0 Å². The standard InChI is InChI=1S/C27H21F6N3O4S/c1-34-25(40)36-18-3-2-4-19(14-18)41-20-11-7-16(23(26(28,29)30)24(20)27(31,32)33)8-12-21(37)35-17-9-5-15(6-10-17)13-22(38)39/h2-12,14H,13H2,1H3,(H,35,37)(H,38,39)(H2,34,36,40)/b12-8+. The summed E-state index contributed by atoms with van der Waals surface area (Å²) in [5.41, 5.74) is -3.92. The average Bonchev–Trinajstić information content (AvgIpc) is 2.87. The van der Waals surface area contributed by atoms with Crippen LogP contribution >= 0.6 is 11.8 Å². The van der Waals surface area contributed by atoms with Crippen LogP contribution < -0.4 is 16.0 Å². The molecule has 0 atom stereocenters. The van der Waals surface area contributed by atoms with E-state index in [1.54, 1.807) is 0 Å². The minimum atomic E-state index is -5.43. The number of carboxylic acid groups (broad SMARTS) is 1. The van der Waals surface area contributed by atoms with E-state index in [4.69, 9.17) is 5.11 Å². The monoisotopic (exact) mass is 597 g/mol. The molecule has 41 heavy (non-hydrogen) atoms. The third-order valence-electron chi connectivity index (χ3n) is 5.30. The fraction of sp³-hybridized carbons (Fsp3) is 0.148. The van der Waals surface area contributed by atoms with E-state index in [-0.39, 0.29) is 22.7 Å². The molecule has 0 aliphatic carbocycles. The molecule has 0 bridgehead atoms. The highest BCUT2D eigenvalue weighted by atomic mass is 32.2. The summed E-state index contributed by atoms with van der Waals surface area (Å²) >= 11 is 0.428. The number of hydrogen-bond donors (Lipinski definition) is 4. The summed E-state index contributed by atoms with van der Waals surface area (Å²) in [6.45, 7) is 0. The molecule has 216 valence electrons. The van der Waals surface area contributed by atoms with Crippen molar-refractivity contribution >= 4 is 47.1 Å². The largest absolute Gasteiger partial charge is 0.481 e. The molecule has 0 aliphatic heterocycles. The van der Waals surface area contributed by atoms with Crippen molar-refractivity contribution < 1.29 is 45.8 Å². The van der Waals surface area contributed by atoms with Crippen LogP contribution in [-0.4, -0.2) is 30.1 Å². The summed E-state index contributed by atoms with van der Waals surface area (Å²) in [5, 5.41) is 15.9. The van der Waals surface area contributed by atoms with E-state index in [0.29, 0.717) is 29.5 Å². The first kappa shape index (κ1) is 31.1. The number of carboxylic acids is 1. The molecular formula is C27H21F6N3O4S. The summed E-state index contributed by atoms with van der Waals surface area (Å²) in [7, 11) is 1.35. The Hall–Kier alpha value is -4.46. The third kappa shape index (κ3) is 8.76. The van der Waals surface area contributed by atoms with Gasteiger partial charge in [0, 0.05) is 34.3 Å². The smallest absolute Gasteiger partial charge is 0.418 e. The number of carbonyl (C=O) groups is 3. The van der Waals surface area contributed by atoms with Crippen molar-refractivity contribution in [1.82, 2.24) is 5.32 Å². The van der Waals surface area contributed by atoms with Crippen molar-refractivity contribution in [2.45, 2.75) is 28.6 Å². The van der Waals surface area contributed by atoms with E-state index in [1.807, 2.05) is 0 Å². The van der Waals surface area contributed by atoms with Gasteiger partial charge in [0.1, 0.15) is 0 Å². The number of hydrogen-bond acceptors (Lipinski definition) is 4. The maximum absolute atomic E-state index is 14.1. The Morgan fingerprint density at radius 3 is 2.10 bits per heavy atom. The molecule has 3 amide bonds. The fourth-order valence-corrected chi connectivity index (χ4v) is 4.64. The second kappa shape index (κ2) is 12.8. The number of nitrogens with one attached hydrogen (secondary N) is 3. The molecule has 14 heteroatoms. The normalized spacial score (nSPS) is 11.8. The first-order chi connectivity index (χ1) is 19.2. The molecule has 0 radical (unpaired) electrons. The molecule has 4 N–H and O–H groups in total. The minimum absolute atomic E-state index is 0.134. The molecule has 0 aromatic heterocycles. The highest BCUT2D eigenvalue weighted by Gasteiger charge is 2.46. The Morgan fingerprint density at radius 2 is 1.51 bits per heavy atom. The first-order valence-electron chi connectivity index (χ1n) is 11.5. The number of benzene rings is 3. The minimum Gasteiger partial charge on any atom is -0.481 e. The van der Waals surface area contributed by atoms with Crippen LogP contribution in [0.2, 0.25) is 0 Å². The molecule has 0 unspecified atom stereocenters. The van der Waals surface area contributed by atoms with Crippen molar-refractivity contribution in [2.75, 3.05) is 17.7 Å². The molecule has 7 nitrogen and oxygen atoms in total. The zero-order valence-electron chi connectivity index (χ0n) is 21.0. The van der Waals surface area contributed by atoms with Gasteiger partial charge in [0.2, 0.25) is 5.91 Å². The highest BCUT2D eigenvalue weighted by molar-refractivity contribution is 7.99. The van der Waals surface area contributed by atoms with Gasteiger partial charge in [-0.05, 0) is 53.6 Å². The van der Waals surface area contributed by atoms with Crippen LogP contribution in [0.1, 0.15) is 22.3 Å². The lowest BCUT2D eigenvalue weighted by Crippen LogP contribution is -2.24. The van der Waals surface area contributed by atoms with E-state index in [2.05, 4.69) is 16.0 Å². The van der Waals surface area contributed by atoms with E-state index >= 15 is 0 Å². The fourth-order valence-electron chi connectivity index (χ4n) is 3.60. The lowest BCUT2D eigenvalue weighted by molar-refractivity contribution is -0.163. The third-order valence-corrected chi connectivity index (χ3v) is 6.35. The number of urea groups is 1. The number of anilines is 2. The highest BCUT2D eigenvalue weighted by Crippen LogP contribution is 2.48. The van der Waals surface area contributed by atoms with Crippen LogP contribution in [0.25, 0.3) is 6.08 Å². The predicted octanol–water partition coefficient (Wildman–Crippen LogP) is 6.91. The van der Waals surface area contributed by atoms with Gasteiger partial charge in [-0.15, -0.1) is 0 Å². The van der Waals surface area contributed by atoms with E-state index in [1.165, 1.54) is 55.6 Å². The number of rotatable bonds is 8. The molecule has 0 fully saturated rings. The van der Waals surface area contributed by atoms with Gasteiger partial charge in [0.25, 0.3) is 0 Å². The number of amides is 3. The Bertz CT molecular complexity index is 1470. The Balaban J connectivity index is 1.94. The summed E-state index contributed by atoms with van der Waals surface area (Å²) in [4.78, 5) is 34.0. The molecule has 3 rings (SSSR count). The van der Waals surface area contributed by atoms with Crippen molar-refractivity contribution in [2.24, 2.45) is 0 Å². The number of alkyl halides is 6. The Labute approximate surface area is 233 Å². The quantitative estimate of drug-likeness (QED) is 0.167. The van der Waals surface area contributed by atoms with E-state index in [0.717, 1.165) is 12.1 Å². The molecule has 3 aromatic rings. The number of carbonyl (C=O) groups excluding carboxylic acids is 2. The van der Waals surface area contributed by atoms with Crippen LogP contribution in [0, 0.1) is 0 Å². The Morgan fingerprint density at radius 1 is 0.854 bits per heavy atom. The summed E-state index contributed by atoms with van der Waals surface area (Å²) in [6.07, 6.45) is -9.80. The Kier molecular flexibility index (Phi) is 9.71. The molecule has 0 saturated carbocycles. The van der Waals surface area contributed by atoms with Gasteiger partial charge >= 0.3 is 24.4 Å². The van der Waals surface area contributed by atoms with Gasteiger partial charge in [-0.2, -0.15) is 26.3 Å². The van der Waals surface area contributed by atoms with Gasteiger partial charge in [0.15, 0.2) is 0 Å². The average molecular weight is 598 g/mol. The van der Waals surface area contributed by atoms with Gasteiger partial charge in [-0.25, -0.2) is 4.79 Å². The summed E-state index contributed by atoms with van der Waals surface area (Å²) in [5.74, 6) is -1.99. The zero-order valence-corrected chi connectivity index (χ0v) is 21.8. The lowest BCUT2D eigenvalue weighted by atomic mass is 9.99. The second-order valence-electron chi connectivity index (χ2n) is 8.32. The predicted molar refractivity (Wildman–Crippen MR) is 141 cm³/mol. The zero-order chi connectivity index (χ0) is 30.4. The lowest BCUT2D eigenvalue weighted by Gasteiger charge is -2.21. The van der Waals surface area contributed by atoms with Gasteiger partial charge < -0.3 is 21.1 Å². The summed E-state index contributed by atoms with van der Waals surface area (Å²) < 4.78 is 84.5. The SMILES string of the molecule is CNC(=O)Nc1cccc(Sc2ccc(/C=C/C(=O)Nc3ccc(CC(=O)O)cc3)c(C(F)(F)F)c2C(F)(F)F)c1. The first-order valence-corrected chi connectivity index (χ1v) is 12.4. The molecule has 0 aliphatic rings. The molecule has 0 heterocycles. The van der Waals surface area contributed by atoms with Gasteiger partial charge in [-0.3, -0.25) is 9.59 Å². The number of aliphatic carboxylic acids is 1. The van der Waals surface area contributed by atoms with Crippen LogP contribution in [-0.2, 0) is 28.4 Å². The summed E-state index contributed by atoms with van der Waals surface area (Å²) in [6, 6.07) is 12.2. The van der Waals surface area contributed by atoms with Crippen molar-refractivity contribution in [3.05, 3.63) is 89.0 Å². The second-order valence-corrected chi connectivity index (χ2v) is 9.44. The molecule has 0 saturated heterocycles. The topological polar surface area (TPSA) is 108 Å². The molecular weight excluding hydrogens is 576 g/mol. The van der Waals surface area contributed by atoms with Crippen molar-refractivity contribution in [3.63, 3.8) is 0 Å². The van der Waals surface area contributed by atoms with Crippen molar-refractivity contribution in [3.8, 4) is 0 Å². The van der Waals surface area contributed by atoms with Gasteiger partial charge in [-0.1, -0.05) is 36.0 Å².